The standard InChI is InChI=1S/C9H8N2O4S/c1-2-4-3-16-8-5(10)6(12)11(8)7(4)15-9(13)14/h1,5,8H,3,10H2,(H,13,14)/t5?,8-/m0/s1. The molecule has 2 rings (SSSR count). The van der Waals surface area contributed by atoms with Gasteiger partial charge in [0.2, 0.25) is 11.8 Å². The molecule has 0 saturated carbocycles. The first-order valence-electron chi connectivity index (χ1n) is 4.37. The monoisotopic (exact) mass is 240 g/mol. The number of carboxylic acid groups (broad SMARTS) is 1. The highest BCUT2D eigenvalue weighted by molar-refractivity contribution is 8.00. The topological polar surface area (TPSA) is 92.9 Å². The highest BCUT2D eigenvalue weighted by Crippen LogP contribution is 2.39. The van der Waals surface area contributed by atoms with Crippen LogP contribution >= 0.6 is 11.8 Å². The Labute approximate surface area is 95.4 Å². The molecule has 1 fully saturated rings. The summed E-state index contributed by atoms with van der Waals surface area (Å²) in [5.41, 5.74) is 5.92. The van der Waals surface area contributed by atoms with Gasteiger partial charge in [0.15, 0.2) is 0 Å². The number of fused-ring (bicyclic) bond motifs is 1. The van der Waals surface area contributed by atoms with Crippen LogP contribution < -0.4 is 5.73 Å². The zero-order valence-corrected chi connectivity index (χ0v) is 8.86. The fraction of sp³-hybridized carbons (Fsp3) is 0.333. The number of terminal acetylenes is 1. The number of carbonyl (C=O) groups is 2. The van der Waals surface area contributed by atoms with Gasteiger partial charge in [-0.05, 0) is 0 Å². The van der Waals surface area contributed by atoms with Crippen LogP contribution in [-0.2, 0) is 9.53 Å². The van der Waals surface area contributed by atoms with Gasteiger partial charge in [-0.1, -0.05) is 5.92 Å². The van der Waals surface area contributed by atoms with Crippen molar-refractivity contribution in [3.63, 3.8) is 0 Å². The summed E-state index contributed by atoms with van der Waals surface area (Å²) in [6.45, 7) is 0. The number of amides is 1. The largest absolute Gasteiger partial charge is 0.512 e. The number of nitrogens with two attached hydrogens (primary N) is 1. The summed E-state index contributed by atoms with van der Waals surface area (Å²) in [6.07, 6.45) is 3.72. The number of β-lactam (4-membered cyclic amide) rings is 1. The van der Waals surface area contributed by atoms with Gasteiger partial charge in [0, 0.05) is 5.75 Å². The molecule has 7 heteroatoms. The number of carbonyl (C=O) groups excluding carboxylic acids is 1. The zero-order valence-electron chi connectivity index (χ0n) is 8.04. The molecule has 0 aliphatic carbocycles. The van der Waals surface area contributed by atoms with E-state index in [0.717, 1.165) is 0 Å². The summed E-state index contributed by atoms with van der Waals surface area (Å²) in [4.78, 5) is 23.2. The molecule has 0 spiro atoms. The van der Waals surface area contributed by atoms with Crippen LogP contribution in [0.4, 0.5) is 4.79 Å². The normalized spacial score (nSPS) is 28.0. The molecular formula is C9H8N2O4S. The van der Waals surface area contributed by atoms with E-state index in [1.54, 1.807) is 0 Å². The Kier molecular flexibility index (Phi) is 2.53. The van der Waals surface area contributed by atoms with E-state index in [4.69, 9.17) is 17.3 Å². The van der Waals surface area contributed by atoms with Crippen LogP contribution in [0.2, 0.25) is 0 Å². The molecule has 0 radical (unpaired) electrons. The van der Waals surface area contributed by atoms with E-state index in [2.05, 4.69) is 10.7 Å². The van der Waals surface area contributed by atoms with Gasteiger partial charge in [0.1, 0.15) is 11.4 Å². The molecule has 2 aliphatic rings. The maximum absolute atomic E-state index is 11.5. The van der Waals surface area contributed by atoms with E-state index in [0.29, 0.717) is 11.3 Å². The lowest BCUT2D eigenvalue weighted by Crippen LogP contribution is -2.68. The van der Waals surface area contributed by atoms with Crippen molar-refractivity contribution >= 4 is 23.8 Å². The molecule has 16 heavy (non-hydrogen) atoms. The molecule has 2 aliphatic heterocycles. The molecule has 6 nitrogen and oxygen atoms in total. The molecule has 0 aromatic rings. The summed E-state index contributed by atoms with van der Waals surface area (Å²) < 4.78 is 4.54. The fourth-order valence-electron chi connectivity index (χ4n) is 1.55. The summed E-state index contributed by atoms with van der Waals surface area (Å²) >= 11 is 1.40. The number of thioether (sulfide) groups is 1. The maximum Gasteiger partial charge on any atom is 0.512 e. The molecule has 1 amide bonds. The van der Waals surface area contributed by atoms with Crippen LogP contribution in [0.15, 0.2) is 11.5 Å². The van der Waals surface area contributed by atoms with Crippen molar-refractivity contribution < 1.29 is 19.4 Å². The van der Waals surface area contributed by atoms with Crippen molar-refractivity contribution in [2.45, 2.75) is 11.4 Å². The third-order valence-electron chi connectivity index (χ3n) is 2.32. The number of hydrogen-bond acceptors (Lipinski definition) is 5. The van der Waals surface area contributed by atoms with Gasteiger partial charge in [-0.15, -0.1) is 18.2 Å². The Balaban J connectivity index is 2.33. The quantitative estimate of drug-likeness (QED) is 0.373. The molecule has 0 aromatic carbocycles. The first-order valence-corrected chi connectivity index (χ1v) is 5.42. The van der Waals surface area contributed by atoms with Crippen molar-refractivity contribution in [3.05, 3.63) is 11.5 Å². The minimum atomic E-state index is -1.50. The summed E-state index contributed by atoms with van der Waals surface area (Å²) in [5, 5.41) is 8.28. The Morgan fingerprint density at radius 2 is 2.44 bits per heavy atom. The van der Waals surface area contributed by atoms with E-state index >= 15 is 0 Å². The van der Waals surface area contributed by atoms with E-state index in [9.17, 15) is 9.59 Å². The number of nitrogens with zero attached hydrogens (tertiary/aromatic N) is 1. The van der Waals surface area contributed by atoms with Crippen molar-refractivity contribution in [2.75, 3.05) is 5.75 Å². The predicted octanol–water partition coefficient (Wildman–Crippen LogP) is -0.232. The first-order chi connectivity index (χ1) is 7.56. The van der Waals surface area contributed by atoms with Crippen molar-refractivity contribution in [2.24, 2.45) is 5.73 Å². The molecule has 2 atom stereocenters. The average Bonchev–Trinajstić information content (AvgIpc) is 2.26. The summed E-state index contributed by atoms with van der Waals surface area (Å²) in [7, 11) is 0. The van der Waals surface area contributed by atoms with Gasteiger partial charge in [0.05, 0.1) is 5.57 Å². The highest BCUT2D eigenvalue weighted by Gasteiger charge is 2.51. The second kappa shape index (κ2) is 3.73. The Bertz CT molecular complexity index is 439. The SMILES string of the molecule is C#CC1=C(OC(=O)O)N2C(=O)C(N)[C@@H]2SC1. The smallest absolute Gasteiger partial charge is 0.449 e. The maximum atomic E-state index is 11.5. The van der Waals surface area contributed by atoms with Crippen LogP contribution in [-0.4, -0.2) is 39.2 Å². The predicted molar refractivity (Wildman–Crippen MR) is 56.0 cm³/mol. The Morgan fingerprint density at radius 3 is 3.00 bits per heavy atom. The molecule has 0 bridgehead atoms. The minimum Gasteiger partial charge on any atom is -0.449 e. The third kappa shape index (κ3) is 1.43. The zero-order chi connectivity index (χ0) is 11.9. The van der Waals surface area contributed by atoms with Gasteiger partial charge in [-0.2, -0.15) is 0 Å². The number of rotatable bonds is 1. The third-order valence-corrected chi connectivity index (χ3v) is 3.62. The average molecular weight is 240 g/mol. The lowest BCUT2D eigenvalue weighted by Gasteiger charge is -2.47. The van der Waals surface area contributed by atoms with Gasteiger partial charge < -0.3 is 15.6 Å². The molecule has 0 aromatic heterocycles. The van der Waals surface area contributed by atoms with Crippen LogP contribution in [0.3, 0.4) is 0 Å². The minimum absolute atomic E-state index is 0.0783. The van der Waals surface area contributed by atoms with E-state index in [-0.39, 0.29) is 17.2 Å². The van der Waals surface area contributed by atoms with Crippen LogP contribution in [0.25, 0.3) is 0 Å². The van der Waals surface area contributed by atoms with Crippen LogP contribution in [0, 0.1) is 12.3 Å². The van der Waals surface area contributed by atoms with Gasteiger partial charge in [0.25, 0.3) is 0 Å². The Morgan fingerprint density at radius 1 is 1.75 bits per heavy atom. The van der Waals surface area contributed by atoms with E-state index in [1.165, 1.54) is 16.7 Å². The van der Waals surface area contributed by atoms with Crippen LogP contribution in [0.1, 0.15) is 0 Å². The Hall–Kier alpha value is -1.65. The molecule has 1 unspecified atom stereocenters. The van der Waals surface area contributed by atoms with Crippen molar-refractivity contribution in [1.29, 1.82) is 0 Å². The summed E-state index contributed by atoms with van der Waals surface area (Å²) in [5.74, 6) is 2.28. The lowest BCUT2D eigenvalue weighted by atomic mass is 10.1. The van der Waals surface area contributed by atoms with Gasteiger partial charge in [-0.25, -0.2) is 4.79 Å². The highest BCUT2D eigenvalue weighted by atomic mass is 32.2. The molecule has 1 saturated heterocycles. The van der Waals surface area contributed by atoms with E-state index in [1.807, 2.05) is 0 Å². The van der Waals surface area contributed by atoms with Crippen LogP contribution in [0.5, 0.6) is 0 Å². The van der Waals surface area contributed by atoms with E-state index < -0.39 is 12.2 Å². The molecule has 84 valence electrons. The molecular weight excluding hydrogens is 232 g/mol. The second-order valence-electron chi connectivity index (χ2n) is 3.23. The number of hydrogen-bond donors (Lipinski definition) is 2. The number of ether oxygens (including phenoxy) is 1. The first kappa shape index (κ1) is 10.9. The van der Waals surface area contributed by atoms with Gasteiger partial charge in [-0.3, -0.25) is 9.69 Å². The summed E-state index contributed by atoms with van der Waals surface area (Å²) in [6, 6.07) is -0.614. The molecule has 2 heterocycles. The van der Waals surface area contributed by atoms with Crippen molar-refractivity contribution in [3.8, 4) is 12.3 Å². The van der Waals surface area contributed by atoms with Gasteiger partial charge >= 0.3 is 6.16 Å². The van der Waals surface area contributed by atoms with Crippen molar-refractivity contribution in [1.82, 2.24) is 4.90 Å². The fourth-order valence-corrected chi connectivity index (χ4v) is 2.77. The molecule has 3 N–H and O–H groups in total. The second-order valence-corrected chi connectivity index (χ2v) is 4.34. The lowest BCUT2D eigenvalue weighted by molar-refractivity contribution is -0.144.